The predicted molar refractivity (Wildman–Crippen MR) is 148 cm³/mol. The van der Waals surface area contributed by atoms with E-state index in [1.807, 2.05) is 6.92 Å². The second-order valence-corrected chi connectivity index (χ2v) is 11.5. The summed E-state index contributed by atoms with van der Waals surface area (Å²) in [7, 11) is 4.48. The van der Waals surface area contributed by atoms with Gasteiger partial charge in [0.2, 0.25) is 0 Å². The molecule has 1 aliphatic rings. The van der Waals surface area contributed by atoms with E-state index >= 15 is 0 Å². The number of hydrogen-bond acceptors (Lipinski definition) is 3. The Labute approximate surface area is 214 Å². The van der Waals surface area contributed by atoms with Crippen molar-refractivity contribution in [3.63, 3.8) is 0 Å². The summed E-state index contributed by atoms with van der Waals surface area (Å²) in [6, 6.07) is 0. The minimum absolute atomic E-state index is 0.0201. The fourth-order valence-electron chi connectivity index (χ4n) is 5.71. The quantitative estimate of drug-likeness (QED) is 0.0965. The Morgan fingerprint density at radius 3 is 1.76 bits per heavy atom. The van der Waals surface area contributed by atoms with E-state index in [9.17, 15) is 4.79 Å². The van der Waals surface area contributed by atoms with Gasteiger partial charge in [-0.25, -0.2) is 0 Å². The van der Waals surface area contributed by atoms with Gasteiger partial charge in [0.05, 0.1) is 6.61 Å². The SMILES string of the molecule is CCCCCCCCC(CCCCCCCCC1CC1CCCCCC(=O)OCC)CN(C)C. The summed E-state index contributed by atoms with van der Waals surface area (Å²) < 4.78 is 5.00. The maximum atomic E-state index is 11.4. The molecule has 202 valence electrons. The van der Waals surface area contributed by atoms with E-state index in [2.05, 4.69) is 25.9 Å². The Bertz CT molecular complexity index is 464. The molecule has 1 rings (SSSR count). The second kappa shape index (κ2) is 21.7. The zero-order valence-electron chi connectivity index (χ0n) is 23.8. The molecule has 0 radical (unpaired) electrons. The third-order valence-corrected chi connectivity index (χ3v) is 7.86. The highest BCUT2D eigenvalue weighted by Crippen LogP contribution is 2.45. The highest BCUT2D eigenvalue weighted by Gasteiger charge is 2.35. The molecule has 0 N–H and O–H groups in total. The Balaban J connectivity index is 1.90. The van der Waals surface area contributed by atoms with E-state index in [0.717, 1.165) is 24.2 Å². The minimum Gasteiger partial charge on any atom is -0.466 e. The summed E-state index contributed by atoms with van der Waals surface area (Å²) in [5.74, 6) is 2.92. The van der Waals surface area contributed by atoms with Gasteiger partial charge in [0.1, 0.15) is 0 Å². The number of nitrogens with zero attached hydrogens (tertiary/aromatic N) is 1. The van der Waals surface area contributed by atoms with Crippen LogP contribution in [0.15, 0.2) is 0 Å². The first-order chi connectivity index (χ1) is 16.6. The van der Waals surface area contributed by atoms with Gasteiger partial charge in [-0.3, -0.25) is 4.79 Å². The Morgan fingerprint density at radius 1 is 0.735 bits per heavy atom. The van der Waals surface area contributed by atoms with Gasteiger partial charge in [-0.15, -0.1) is 0 Å². The van der Waals surface area contributed by atoms with Crippen LogP contribution >= 0.6 is 0 Å². The van der Waals surface area contributed by atoms with Crippen LogP contribution in [0.2, 0.25) is 0 Å². The van der Waals surface area contributed by atoms with Crippen molar-refractivity contribution in [3.8, 4) is 0 Å². The zero-order chi connectivity index (χ0) is 24.9. The second-order valence-electron chi connectivity index (χ2n) is 11.5. The number of esters is 1. The van der Waals surface area contributed by atoms with Crippen LogP contribution in [0, 0.1) is 17.8 Å². The van der Waals surface area contributed by atoms with E-state index in [0.29, 0.717) is 13.0 Å². The number of rotatable bonds is 25. The lowest BCUT2D eigenvalue weighted by atomic mass is 9.93. The van der Waals surface area contributed by atoms with Crippen LogP contribution < -0.4 is 0 Å². The predicted octanol–water partition coefficient (Wildman–Crippen LogP) is 9.19. The van der Waals surface area contributed by atoms with E-state index in [1.54, 1.807) is 0 Å². The molecule has 3 heteroatoms. The molecule has 0 aromatic rings. The van der Waals surface area contributed by atoms with Crippen molar-refractivity contribution < 1.29 is 9.53 Å². The maximum Gasteiger partial charge on any atom is 0.305 e. The van der Waals surface area contributed by atoms with E-state index in [-0.39, 0.29) is 5.97 Å². The van der Waals surface area contributed by atoms with Crippen LogP contribution in [0.4, 0.5) is 0 Å². The van der Waals surface area contributed by atoms with Gasteiger partial charge in [-0.1, -0.05) is 110 Å². The molecule has 1 fully saturated rings. The van der Waals surface area contributed by atoms with Gasteiger partial charge in [-0.05, 0) is 64.5 Å². The van der Waals surface area contributed by atoms with Crippen LogP contribution in [-0.2, 0) is 9.53 Å². The summed E-state index contributed by atoms with van der Waals surface area (Å²) in [4.78, 5) is 13.8. The molecule has 0 spiro atoms. The molecule has 1 saturated carbocycles. The number of unbranched alkanes of at least 4 members (excludes halogenated alkanes) is 12. The molecule has 3 atom stereocenters. The van der Waals surface area contributed by atoms with Crippen LogP contribution in [0.5, 0.6) is 0 Å². The summed E-state index contributed by atoms with van der Waals surface area (Å²) in [5.41, 5.74) is 0. The molecular formula is C31H61NO2. The van der Waals surface area contributed by atoms with Crippen molar-refractivity contribution in [2.45, 2.75) is 149 Å². The monoisotopic (exact) mass is 479 g/mol. The van der Waals surface area contributed by atoms with Gasteiger partial charge in [0, 0.05) is 13.0 Å². The first kappa shape index (κ1) is 31.5. The van der Waals surface area contributed by atoms with Gasteiger partial charge >= 0.3 is 5.97 Å². The molecule has 0 aromatic carbocycles. The molecule has 0 amide bonds. The first-order valence-electron chi connectivity index (χ1n) is 15.4. The molecule has 0 aromatic heterocycles. The molecule has 0 bridgehead atoms. The minimum atomic E-state index is -0.0201. The Morgan fingerprint density at radius 2 is 1.24 bits per heavy atom. The lowest BCUT2D eigenvalue weighted by Gasteiger charge is -2.21. The molecule has 0 saturated heterocycles. The molecular weight excluding hydrogens is 418 g/mol. The van der Waals surface area contributed by atoms with E-state index in [1.165, 1.54) is 129 Å². The maximum absolute atomic E-state index is 11.4. The average Bonchev–Trinajstić information content (AvgIpc) is 3.55. The van der Waals surface area contributed by atoms with Crippen molar-refractivity contribution in [2.24, 2.45) is 17.8 Å². The highest BCUT2D eigenvalue weighted by atomic mass is 16.5. The van der Waals surface area contributed by atoms with Crippen LogP contribution in [0.25, 0.3) is 0 Å². The van der Waals surface area contributed by atoms with E-state index in [4.69, 9.17) is 4.74 Å². The zero-order valence-corrected chi connectivity index (χ0v) is 23.8. The van der Waals surface area contributed by atoms with Gasteiger partial charge in [0.25, 0.3) is 0 Å². The molecule has 0 aliphatic heterocycles. The van der Waals surface area contributed by atoms with Crippen molar-refractivity contribution in [2.75, 3.05) is 27.2 Å². The van der Waals surface area contributed by atoms with Gasteiger partial charge < -0.3 is 9.64 Å². The average molecular weight is 480 g/mol. The third-order valence-electron chi connectivity index (χ3n) is 7.86. The number of hydrogen-bond donors (Lipinski definition) is 0. The standard InChI is InChI=1S/C31H61NO2/c1-5-7-8-9-12-16-21-28(27-32(3)4)22-17-13-10-11-14-18-23-29-26-30(29)24-19-15-20-25-31(33)34-6-2/h28-30H,5-27H2,1-4H3. The van der Waals surface area contributed by atoms with Gasteiger partial charge in [-0.2, -0.15) is 0 Å². The molecule has 0 heterocycles. The molecule has 1 aliphatic carbocycles. The summed E-state index contributed by atoms with van der Waals surface area (Å²) >= 11 is 0. The number of ether oxygens (including phenoxy) is 1. The van der Waals surface area contributed by atoms with Crippen LogP contribution in [0.1, 0.15) is 149 Å². The normalized spacial score (nSPS) is 18.4. The van der Waals surface area contributed by atoms with Crippen molar-refractivity contribution in [1.29, 1.82) is 0 Å². The van der Waals surface area contributed by atoms with Crippen molar-refractivity contribution >= 4 is 5.97 Å². The summed E-state index contributed by atoms with van der Waals surface area (Å²) in [6.07, 6.45) is 28.5. The number of carbonyl (C=O) groups is 1. The lowest BCUT2D eigenvalue weighted by Crippen LogP contribution is -2.21. The van der Waals surface area contributed by atoms with Crippen LogP contribution in [0.3, 0.4) is 0 Å². The van der Waals surface area contributed by atoms with Gasteiger partial charge in [0.15, 0.2) is 0 Å². The topological polar surface area (TPSA) is 29.5 Å². The smallest absolute Gasteiger partial charge is 0.305 e. The fourth-order valence-corrected chi connectivity index (χ4v) is 5.71. The number of carbonyl (C=O) groups excluding carboxylic acids is 1. The van der Waals surface area contributed by atoms with Crippen molar-refractivity contribution in [3.05, 3.63) is 0 Å². The largest absolute Gasteiger partial charge is 0.466 e. The molecule has 3 unspecified atom stereocenters. The Kier molecular flexibility index (Phi) is 20.1. The van der Waals surface area contributed by atoms with Crippen LogP contribution in [-0.4, -0.2) is 38.1 Å². The first-order valence-corrected chi connectivity index (χ1v) is 15.4. The lowest BCUT2D eigenvalue weighted by molar-refractivity contribution is -0.143. The van der Waals surface area contributed by atoms with E-state index < -0.39 is 0 Å². The van der Waals surface area contributed by atoms with Crippen molar-refractivity contribution in [1.82, 2.24) is 4.90 Å². The Hall–Kier alpha value is -0.570. The molecule has 3 nitrogen and oxygen atoms in total. The fraction of sp³-hybridized carbons (Fsp3) is 0.968. The third kappa shape index (κ3) is 18.7. The summed E-state index contributed by atoms with van der Waals surface area (Å²) in [6.45, 7) is 5.98. The highest BCUT2D eigenvalue weighted by molar-refractivity contribution is 5.69. The molecule has 34 heavy (non-hydrogen) atoms. The summed E-state index contributed by atoms with van der Waals surface area (Å²) in [5, 5.41) is 0.